The van der Waals surface area contributed by atoms with Gasteiger partial charge >= 0.3 is 23.9 Å². The molecule has 0 aromatic heterocycles. The standard InChI is InChI=1S/C8H16Cl4N2O2S.Sn.2H/c1-4-13(5-2)17(15,16)14(6-3)7(9)8(10,11)12;;;/h7H,4-6H2,1-3H3;;;. The van der Waals surface area contributed by atoms with Crippen molar-refractivity contribution in [1.82, 2.24) is 8.61 Å². The second-order valence-electron chi connectivity index (χ2n) is 3.17. The maximum absolute atomic E-state index is 12.2. The van der Waals surface area contributed by atoms with Gasteiger partial charge in [-0.05, 0) is 0 Å². The summed E-state index contributed by atoms with van der Waals surface area (Å²) in [6.45, 7) is 5.88. The fourth-order valence-electron chi connectivity index (χ4n) is 1.30. The predicted molar refractivity (Wildman–Crippen MR) is 82.7 cm³/mol. The number of hydrogen-bond donors (Lipinski definition) is 0. The van der Waals surface area contributed by atoms with E-state index in [-0.39, 0.29) is 30.5 Å². The molecular formula is C8H18Cl4N2O2SSn. The van der Waals surface area contributed by atoms with E-state index in [0.29, 0.717) is 13.1 Å². The summed E-state index contributed by atoms with van der Waals surface area (Å²) in [7, 11) is -3.71. The summed E-state index contributed by atoms with van der Waals surface area (Å²) >= 11 is 22.8. The van der Waals surface area contributed by atoms with Gasteiger partial charge in [0.25, 0.3) is 10.2 Å². The Balaban J connectivity index is 0. The average molecular weight is 467 g/mol. The van der Waals surface area contributed by atoms with E-state index in [1.54, 1.807) is 20.8 Å². The molecule has 1 unspecified atom stereocenters. The monoisotopic (exact) mass is 466 g/mol. The average Bonchev–Trinajstić information content (AvgIpc) is 2.18. The Morgan fingerprint density at radius 3 is 1.67 bits per heavy atom. The van der Waals surface area contributed by atoms with Crippen molar-refractivity contribution in [1.29, 1.82) is 0 Å². The Morgan fingerprint density at radius 2 is 1.44 bits per heavy atom. The third-order valence-electron chi connectivity index (χ3n) is 2.16. The van der Waals surface area contributed by atoms with E-state index in [1.807, 2.05) is 0 Å². The van der Waals surface area contributed by atoms with Crippen LogP contribution in [0.5, 0.6) is 0 Å². The molecule has 0 rings (SSSR count). The van der Waals surface area contributed by atoms with Crippen molar-refractivity contribution < 1.29 is 8.42 Å². The Hall–Kier alpha value is 1.83. The molecule has 0 aliphatic carbocycles. The molecule has 0 fully saturated rings. The van der Waals surface area contributed by atoms with Gasteiger partial charge in [-0.2, -0.15) is 17.0 Å². The van der Waals surface area contributed by atoms with Crippen LogP contribution in [0.4, 0.5) is 0 Å². The van der Waals surface area contributed by atoms with Gasteiger partial charge in [0.2, 0.25) is 3.79 Å². The van der Waals surface area contributed by atoms with Crippen LogP contribution < -0.4 is 0 Å². The second kappa shape index (κ2) is 8.97. The fourth-order valence-corrected chi connectivity index (χ4v) is 3.94. The van der Waals surface area contributed by atoms with Crippen LogP contribution >= 0.6 is 46.4 Å². The first-order chi connectivity index (χ1) is 7.62. The van der Waals surface area contributed by atoms with E-state index in [4.69, 9.17) is 46.4 Å². The molecule has 10 heteroatoms. The second-order valence-corrected chi connectivity index (χ2v) is 7.84. The Labute approximate surface area is 146 Å². The summed E-state index contributed by atoms with van der Waals surface area (Å²) in [5, 5.41) is 0. The molecule has 0 N–H and O–H groups in total. The Bertz CT molecular complexity index is 332. The molecule has 0 saturated carbocycles. The molecule has 0 bridgehead atoms. The Morgan fingerprint density at radius 1 is 1.06 bits per heavy atom. The molecule has 0 amide bonds. The van der Waals surface area contributed by atoms with Crippen LogP contribution in [0.2, 0.25) is 0 Å². The molecule has 0 saturated heterocycles. The first-order valence-corrected chi connectivity index (χ1v) is 8.07. The number of halogens is 4. The topological polar surface area (TPSA) is 40.6 Å². The maximum atomic E-state index is 12.2. The third-order valence-corrected chi connectivity index (χ3v) is 6.03. The molecule has 18 heavy (non-hydrogen) atoms. The van der Waals surface area contributed by atoms with Gasteiger partial charge < -0.3 is 0 Å². The molecule has 1 atom stereocenters. The number of rotatable bonds is 6. The van der Waals surface area contributed by atoms with Gasteiger partial charge in [-0.3, -0.25) is 0 Å². The van der Waals surface area contributed by atoms with Crippen LogP contribution in [0.3, 0.4) is 0 Å². The third kappa shape index (κ3) is 5.67. The van der Waals surface area contributed by atoms with E-state index in [9.17, 15) is 8.42 Å². The van der Waals surface area contributed by atoms with Crippen molar-refractivity contribution in [3.05, 3.63) is 0 Å². The summed E-state index contributed by atoms with van der Waals surface area (Å²) in [5.41, 5.74) is -1.25. The fraction of sp³-hybridized carbons (Fsp3) is 1.00. The quantitative estimate of drug-likeness (QED) is 0.341. The van der Waals surface area contributed by atoms with Gasteiger partial charge in [0.15, 0.2) is 0 Å². The van der Waals surface area contributed by atoms with E-state index in [0.717, 1.165) is 4.31 Å². The summed E-state index contributed by atoms with van der Waals surface area (Å²) in [6, 6.07) is 0. The predicted octanol–water partition coefficient (Wildman–Crippen LogP) is 1.91. The van der Waals surface area contributed by atoms with Crippen molar-refractivity contribution in [3.63, 3.8) is 0 Å². The van der Waals surface area contributed by atoms with Crippen LogP contribution in [0.25, 0.3) is 0 Å². The van der Waals surface area contributed by atoms with Gasteiger partial charge in [-0.15, -0.1) is 0 Å². The molecule has 2 radical (unpaired) electrons. The van der Waals surface area contributed by atoms with E-state index >= 15 is 0 Å². The Kier molecular flexibility index (Phi) is 11.0. The summed E-state index contributed by atoms with van der Waals surface area (Å²) in [4.78, 5) is 0. The zero-order valence-electron chi connectivity index (χ0n) is 10.5. The first kappa shape index (κ1) is 22.1. The molecule has 4 nitrogen and oxygen atoms in total. The van der Waals surface area contributed by atoms with Crippen LogP contribution in [-0.4, -0.2) is 69.9 Å². The van der Waals surface area contributed by atoms with Crippen molar-refractivity contribution in [2.24, 2.45) is 0 Å². The molecule has 0 aromatic rings. The molecule has 0 aromatic carbocycles. The van der Waals surface area contributed by atoms with Gasteiger partial charge in [-0.1, -0.05) is 67.2 Å². The first-order valence-electron chi connectivity index (χ1n) is 5.10. The molecule has 0 aliphatic heterocycles. The molecule has 110 valence electrons. The summed E-state index contributed by atoms with van der Waals surface area (Å²) in [6.07, 6.45) is 0. The van der Waals surface area contributed by atoms with Crippen LogP contribution in [0.1, 0.15) is 20.8 Å². The van der Waals surface area contributed by atoms with Gasteiger partial charge in [0.1, 0.15) is 5.50 Å². The summed E-state index contributed by atoms with van der Waals surface area (Å²) in [5.74, 6) is 0. The van der Waals surface area contributed by atoms with E-state index in [2.05, 4.69) is 0 Å². The normalized spacial score (nSPS) is 14.7. The minimum absolute atomic E-state index is 0. The van der Waals surface area contributed by atoms with Crippen LogP contribution in [-0.2, 0) is 10.2 Å². The number of nitrogens with zero attached hydrogens (tertiary/aromatic N) is 2. The van der Waals surface area contributed by atoms with Gasteiger partial charge in [0.05, 0.1) is 0 Å². The van der Waals surface area contributed by atoms with Gasteiger partial charge in [-0.25, -0.2) is 0 Å². The zero-order valence-corrected chi connectivity index (χ0v) is 18.4. The van der Waals surface area contributed by atoms with E-state index < -0.39 is 19.5 Å². The van der Waals surface area contributed by atoms with Crippen molar-refractivity contribution in [3.8, 4) is 0 Å². The van der Waals surface area contributed by atoms with Gasteiger partial charge in [0, 0.05) is 19.6 Å². The molecule has 0 heterocycles. The minimum atomic E-state index is -3.71. The molecular weight excluding hydrogens is 449 g/mol. The number of hydrogen-bond acceptors (Lipinski definition) is 2. The van der Waals surface area contributed by atoms with Crippen molar-refractivity contribution in [2.45, 2.75) is 30.1 Å². The van der Waals surface area contributed by atoms with E-state index in [1.165, 1.54) is 4.31 Å². The SMILES string of the molecule is CCN(CC)S(=O)(=O)N(CC)C(Cl)C(Cl)(Cl)Cl.[SnH2]. The molecule has 0 spiro atoms. The summed E-state index contributed by atoms with van der Waals surface area (Å²) < 4.78 is 24.7. The molecule has 0 aliphatic rings. The van der Waals surface area contributed by atoms with Crippen LogP contribution in [0.15, 0.2) is 0 Å². The van der Waals surface area contributed by atoms with Crippen LogP contribution in [0, 0.1) is 0 Å². The van der Waals surface area contributed by atoms with Crippen molar-refractivity contribution >= 4 is 80.5 Å². The zero-order chi connectivity index (χ0) is 13.9. The van der Waals surface area contributed by atoms with Crippen molar-refractivity contribution in [2.75, 3.05) is 19.6 Å². The number of alkyl halides is 4.